The van der Waals surface area contributed by atoms with Crippen LogP contribution in [0.15, 0.2) is 77.4 Å². The van der Waals surface area contributed by atoms with Crippen molar-refractivity contribution in [1.29, 1.82) is 0 Å². The zero-order chi connectivity index (χ0) is 22.9. The number of fused-ring (bicyclic) bond motifs is 1. The topological polar surface area (TPSA) is 70.6 Å². The van der Waals surface area contributed by atoms with Crippen molar-refractivity contribution in [3.05, 3.63) is 83.4 Å². The van der Waals surface area contributed by atoms with Gasteiger partial charge < -0.3 is 5.32 Å². The van der Waals surface area contributed by atoms with Crippen molar-refractivity contribution < 1.29 is 9.59 Å². The number of benzene rings is 3. The minimum absolute atomic E-state index is 0.0629. The second kappa shape index (κ2) is 11.0. The quantitative estimate of drug-likeness (QED) is 0.348. The van der Waals surface area contributed by atoms with Gasteiger partial charge in [-0.05, 0) is 41.0 Å². The highest BCUT2D eigenvalue weighted by molar-refractivity contribution is 6.02. The lowest BCUT2D eigenvalue weighted by Gasteiger charge is -2.08. The van der Waals surface area contributed by atoms with Crippen molar-refractivity contribution in [3.63, 3.8) is 0 Å². The molecule has 0 radical (unpaired) electrons. The summed E-state index contributed by atoms with van der Waals surface area (Å²) in [6.45, 7) is 6.25. The van der Waals surface area contributed by atoms with Gasteiger partial charge in [-0.25, -0.2) is 5.43 Å². The van der Waals surface area contributed by atoms with E-state index >= 15 is 0 Å². The monoisotopic (exact) mass is 427 g/mol. The number of amides is 2. The Kier molecular flexibility index (Phi) is 7.92. The molecule has 0 spiro atoms. The van der Waals surface area contributed by atoms with E-state index in [4.69, 9.17) is 0 Å². The molecule has 3 rings (SSSR count). The summed E-state index contributed by atoms with van der Waals surface area (Å²) in [7, 11) is 0. The molecule has 0 aliphatic heterocycles. The van der Waals surface area contributed by atoms with Gasteiger partial charge in [0.2, 0.25) is 11.8 Å². The fraction of sp³-hybridized carbons (Fsp3) is 0.222. The molecule has 5 nitrogen and oxygen atoms in total. The Bertz CT molecular complexity index is 1140. The number of rotatable bonds is 8. The zero-order valence-electron chi connectivity index (χ0n) is 18.8. The van der Waals surface area contributed by atoms with Gasteiger partial charge in [0, 0.05) is 23.9 Å². The number of nitrogens with one attached hydrogen (secondary N) is 2. The second-order valence-corrected chi connectivity index (χ2v) is 8.08. The van der Waals surface area contributed by atoms with Gasteiger partial charge in [-0.2, -0.15) is 5.10 Å². The van der Waals surface area contributed by atoms with Crippen LogP contribution in [0.1, 0.15) is 50.7 Å². The van der Waals surface area contributed by atoms with Gasteiger partial charge >= 0.3 is 0 Å². The van der Waals surface area contributed by atoms with Crippen LogP contribution in [0.2, 0.25) is 0 Å². The summed E-state index contributed by atoms with van der Waals surface area (Å²) in [4.78, 5) is 24.3. The van der Waals surface area contributed by atoms with Crippen LogP contribution in [0.4, 0.5) is 5.69 Å². The highest BCUT2D eigenvalue weighted by Gasteiger charge is 2.08. The van der Waals surface area contributed by atoms with Gasteiger partial charge in [0.25, 0.3) is 0 Å². The number of carbonyl (C=O) groups is 2. The molecule has 5 heteroatoms. The van der Waals surface area contributed by atoms with Crippen LogP contribution < -0.4 is 10.7 Å². The number of hydrogen-bond acceptors (Lipinski definition) is 3. The van der Waals surface area contributed by atoms with Crippen LogP contribution in [-0.4, -0.2) is 18.0 Å². The van der Waals surface area contributed by atoms with Crippen LogP contribution in [0, 0.1) is 0 Å². The Morgan fingerprint density at radius 2 is 1.59 bits per heavy atom. The molecule has 0 saturated carbocycles. The second-order valence-electron chi connectivity index (χ2n) is 8.08. The highest BCUT2D eigenvalue weighted by atomic mass is 16.2. The van der Waals surface area contributed by atoms with E-state index in [0.29, 0.717) is 5.92 Å². The maximum absolute atomic E-state index is 12.3. The lowest BCUT2D eigenvalue weighted by Crippen LogP contribution is -2.20. The van der Waals surface area contributed by atoms with Gasteiger partial charge in [-0.1, -0.05) is 80.6 Å². The fourth-order valence-electron chi connectivity index (χ4n) is 3.31. The number of hydrogen-bond donors (Lipinski definition) is 2. The molecular formula is C27H29N3O2. The van der Waals surface area contributed by atoms with Crippen LogP contribution in [0.5, 0.6) is 0 Å². The van der Waals surface area contributed by atoms with E-state index in [9.17, 15) is 9.59 Å². The van der Waals surface area contributed by atoms with Gasteiger partial charge in [0.15, 0.2) is 0 Å². The molecule has 0 aliphatic carbocycles. The summed E-state index contributed by atoms with van der Waals surface area (Å²) in [6.07, 6.45) is 3.75. The van der Waals surface area contributed by atoms with Crippen molar-refractivity contribution in [1.82, 2.24) is 5.43 Å². The summed E-state index contributed by atoms with van der Waals surface area (Å²) in [5.41, 5.74) is 6.51. The Hall–Kier alpha value is -3.73. The summed E-state index contributed by atoms with van der Waals surface area (Å²) in [5.74, 6) is -0.00942. The lowest BCUT2D eigenvalue weighted by atomic mass is 10.0. The molecule has 0 unspecified atom stereocenters. The lowest BCUT2D eigenvalue weighted by molar-refractivity contribution is -0.124. The third-order valence-electron chi connectivity index (χ3n) is 5.10. The predicted molar refractivity (Wildman–Crippen MR) is 133 cm³/mol. The number of nitrogens with zero attached hydrogens (tertiary/aromatic N) is 1. The predicted octanol–water partition coefficient (Wildman–Crippen LogP) is 5.89. The smallest absolute Gasteiger partial charge is 0.240 e. The third kappa shape index (κ3) is 6.64. The summed E-state index contributed by atoms with van der Waals surface area (Å²) in [5, 5.41) is 8.90. The number of allylic oxidation sites excluding steroid dienone is 1. The van der Waals surface area contributed by atoms with Crippen molar-refractivity contribution in [3.8, 4) is 0 Å². The Morgan fingerprint density at radius 1 is 0.906 bits per heavy atom. The number of carbonyl (C=O) groups excluding carboxylic acids is 2. The molecule has 164 valence electrons. The Labute approximate surface area is 189 Å². The third-order valence-corrected chi connectivity index (χ3v) is 5.10. The Balaban J connectivity index is 1.46. The van der Waals surface area contributed by atoms with E-state index in [0.717, 1.165) is 27.6 Å². The standard InChI is InChI=1S/C27H29N3O2/c1-19(2)22-13-11-21(12-14-22)17-20(3)18-28-30-27(32)16-15-26(31)29-25-10-6-8-23-7-4-5-9-24(23)25/h4-14,17-19H,15-16H2,1-3H3,(H,29,31)(H,30,32). The van der Waals surface area contributed by atoms with E-state index in [-0.39, 0.29) is 24.7 Å². The summed E-state index contributed by atoms with van der Waals surface area (Å²) in [6, 6.07) is 22.0. The molecule has 2 amide bonds. The fourth-order valence-corrected chi connectivity index (χ4v) is 3.31. The molecule has 0 aromatic heterocycles. The van der Waals surface area contributed by atoms with Crippen LogP contribution in [-0.2, 0) is 9.59 Å². The molecule has 0 saturated heterocycles. The van der Waals surface area contributed by atoms with Crippen molar-refractivity contribution in [2.75, 3.05) is 5.32 Å². The van der Waals surface area contributed by atoms with E-state index in [1.807, 2.05) is 55.5 Å². The first kappa shape index (κ1) is 22.9. The van der Waals surface area contributed by atoms with E-state index in [1.54, 1.807) is 6.21 Å². The average molecular weight is 428 g/mol. The van der Waals surface area contributed by atoms with Crippen molar-refractivity contribution in [2.45, 2.75) is 39.5 Å². The molecule has 0 atom stereocenters. The summed E-state index contributed by atoms with van der Waals surface area (Å²) >= 11 is 0. The van der Waals surface area contributed by atoms with Crippen molar-refractivity contribution >= 4 is 40.6 Å². The molecule has 0 fully saturated rings. The molecule has 0 bridgehead atoms. The molecule has 3 aromatic rings. The SMILES string of the molecule is CC(C=NNC(=O)CCC(=O)Nc1cccc2ccccc12)=Cc1ccc(C(C)C)cc1. The number of hydrazone groups is 1. The van der Waals surface area contributed by atoms with Crippen LogP contribution in [0.3, 0.4) is 0 Å². The maximum Gasteiger partial charge on any atom is 0.240 e. The molecular weight excluding hydrogens is 398 g/mol. The van der Waals surface area contributed by atoms with E-state index in [2.05, 4.69) is 54.0 Å². The van der Waals surface area contributed by atoms with Gasteiger partial charge in [-0.15, -0.1) is 0 Å². The first-order chi connectivity index (χ1) is 15.4. The number of anilines is 1. The molecule has 32 heavy (non-hydrogen) atoms. The molecule has 0 heterocycles. The van der Waals surface area contributed by atoms with Gasteiger partial charge in [0.1, 0.15) is 0 Å². The van der Waals surface area contributed by atoms with Crippen molar-refractivity contribution in [2.24, 2.45) is 5.10 Å². The highest BCUT2D eigenvalue weighted by Crippen LogP contribution is 2.23. The first-order valence-electron chi connectivity index (χ1n) is 10.8. The Morgan fingerprint density at radius 3 is 2.34 bits per heavy atom. The molecule has 3 aromatic carbocycles. The minimum atomic E-state index is -0.302. The minimum Gasteiger partial charge on any atom is -0.326 e. The van der Waals surface area contributed by atoms with Crippen LogP contribution in [0.25, 0.3) is 16.8 Å². The molecule has 0 aliphatic rings. The zero-order valence-corrected chi connectivity index (χ0v) is 18.8. The van der Waals surface area contributed by atoms with E-state index < -0.39 is 0 Å². The van der Waals surface area contributed by atoms with Gasteiger partial charge in [-0.3, -0.25) is 9.59 Å². The maximum atomic E-state index is 12.3. The molecule has 2 N–H and O–H groups in total. The normalized spacial score (nSPS) is 11.8. The average Bonchev–Trinajstić information content (AvgIpc) is 2.78. The largest absolute Gasteiger partial charge is 0.326 e. The first-order valence-corrected chi connectivity index (χ1v) is 10.8. The summed E-state index contributed by atoms with van der Waals surface area (Å²) < 4.78 is 0. The van der Waals surface area contributed by atoms with Crippen LogP contribution >= 0.6 is 0 Å². The van der Waals surface area contributed by atoms with E-state index in [1.165, 1.54) is 5.56 Å². The van der Waals surface area contributed by atoms with Gasteiger partial charge in [0.05, 0.1) is 6.21 Å².